The molecular formula is C7H4BrN3O2. The zero-order valence-electron chi connectivity index (χ0n) is 6.28. The summed E-state index contributed by atoms with van der Waals surface area (Å²) >= 11 is 3.26. The number of hydrogen-bond donors (Lipinski definition) is 2. The maximum Gasteiger partial charge on any atom is 0.371 e. The number of pyridine rings is 1. The maximum absolute atomic E-state index is 10.5. The molecule has 0 spiro atoms. The number of fused-ring (bicyclic) bond motifs is 1. The number of nitrogens with zero attached hydrogens (tertiary/aromatic N) is 2. The number of imidazole rings is 1. The number of hydrogen-bond acceptors (Lipinski definition) is 3. The Hall–Kier alpha value is -1.43. The van der Waals surface area contributed by atoms with Crippen molar-refractivity contribution in [3.05, 3.63) is 22.6 Å². The molecule has 0 saturated carbocycles. The maximum atomic E-state index is 10.5. The Balaban J connectivity index is 2.75. The fourth-order valence-electron chi connectivity index (χ4n) is 0.982. The standard InChI is InChI=1S/C7H4BrN3O2/c8-3-1-2-9-5-4(3)10-6(11-5)7(12)13/h1-2H,(H,12,13)(H,9,10,11). The van der Waals surface area contributed by atoms with Crippen molar-refractivity contribution in [3.8, 4) is 0 Å². The second-order valence-corrected chi connectivity index (χ2v) is 3.24. The summed E-state index contributed by atoms with van der Waals surface area (Å²) in [6, 6.07) is 1.71. The van der Waals surface area contributed by atoms with Crippen molar-refractivity contribution in [1.82, 2.24) is 15.0 Å². The molecule has 2 N–H and O–H groups in total. The number of carbonyl (C=O) groups is 1. The van der Waals surface area contributed by atoms with Gasteiger partial charge in [0.25, 0.3) is 0 Å². The zero-order valence-corrected chi connectivity index (χ0v) is 7.87. The molecule has 2 rings (SSSR count). The molecular weight excluding hydrogens is 238 g/mol. The normalized spacial score (nSPS) is 10.5. The smallest absolute Gasteiger partial charge is 0.371 e. The van der Waals surface area contributed by atoms with Gasteiger partial charge in [-0.1, -0.05) is 0 Å². The summed E-state index contributed by atoms with van der Waals surface area (Å²) in [4.78, 5) is 20.9. The largest absolute Gasteiger partial charge is 0.475 e. The van der Waals surface area contributed by atoms with Crippen molar-refractivity contribution in [1.29, 1.82) is 0 Å². The highest BCUT2D eigenvalue weighted by molar-refractivity contribution is 9.10. The fraction of sp³-hybridized carbons (Fsp3) is 0. The first-order chi connectivity index (χ1) is 6.18. The molecule has 0 aliphatic rings. The topological polar surface area (TPSA) is 78.9 Å². The van der Waals surface area contributed by atoms with Gasteiger partial charge in [-0.3, -0.25) is 0 Å². The van der Waals surface area contributed by atoms with E-state index in [2.05, 4.69) is 30.9 Å². The lowest BCUT2D eigenvalue weighted by Gasteiger charge is -1.88. The van der Waals surface area contributed by atoms with Crippen LogP contribution in [-0.2, 0) is 0 Å². The van der Waals surface area contributed by atoms with Crippen LogP contribution in [0.5, 0.6) is 0 Å². The summed E-state index contributed by atoms with van der Waals surface area (Å²) in [5.41, 5.74) is 0.992. The van der Waals surface area contributed by atoms with Crippen LogP contribution < -0.4 is 0 Å². The minimum absolute atomic E-state index is 0.102. The molecule has 0 aromatic carbocycles. The lowest BCUT2D eigenvalue weighted by molar-refractivity contribution is 0.0685. The van der Waals surface area contributed by atoms with Crippen LogP contribution in [0.15, 0.2) is 16.7 Å². The average Bonchev–Trinajstić information content (AvgIpc) is 2.49. The number of halogens is 1. The quantitative estimate of drug-likeness (QED) is 0.792. The average molecular weight is 242 g/mol. The summed E-state index contributed by atoms with van der Waals surface area (Å²) in [6.45, 7) is 0. The summed E-state index contributed by atoms with van der Waals surface area (Å²) in [6.07, 6.45) is 1.55. The molecule has 2 aromatic rings. The molecule has 0 amide bonds. The van der Waals surface area contributed by atoms with Crippen molar-refractivity contribution in [2.45, 2.75) is 0 Å². The van der Waals surface area contributed by atoms with Gasteiger partial charge in [0, 0.05) is 10.7 Å². The van der Waals surface area contributed by atoms with Crippen molar-refractivity contribution < 1.29 is 9.90 Å². The number of nitrogens with one attached hydrogen (secondary N) is 1. The van der Waals surface area contributed by atoms with E-state index in [-0.39, 0.29) is 5.82 Å². The molecule has 2 aromatic heterocycles. The van der Waals surface area contributed by atoms with Crippen molar-refractivity contribution >= 4 is 33.1 Å². The molecule has 0 aliphatic heterocycles. The second kappa shape index (κ2) is 2.81. The molecule has 0 radical (unpaired) electrons. The van der Waals surface area contributed by atoms with Gasteiger partial charge in [-0.05, 0) is 22.0 Å². The van der Waals surface area contributed by atoms with Crippen LogP contribution >= 0.6 is 15.9 Å². The van der Waals surface area contributed by atoms with Crippen LogP contribution in [0, 0.1) is 0 Å². The van der Waals surface area contributed by atoms with Gasteiger partial charge in [0.05, 0.1) is 5.52 Å². The molecule has 0 bridgehead atoms. The van der Waals surface area contributed by atoms with Crippen molar-refractivity contribution in [3.63, 3.8) is 0 Å². The lowest BCUT2D eigenvalue weighted by atomic mass is 10.4. The van der Waals surface area contributed by atoms with E-state index in [9.17, 15) is 4.79 Å². The van der Waals surface area contributed by atoms with Crippen LogP contribution in [-0.4, -0.2) is 26.0 Å². The minimum atomic E-state index is -1.09. The summed E-state index contributed by atoms with van der Waals surface area (Å²) in [5, 5.41) is 8.64. The summed E-state index contributed by atoms with van der Waals surface area (Å²) in [7, 11) is 0. The van der Waals surface area contributed by atoms with Gasteiger partial charge in [0.15, 0.2) is 5.65 Å². The number of rotatable bonds is 1. The predicted octanol–water partition coefficient (Wildman–Crippen LogP) is 1.42. The van der Waals surface area contributed by atoms with E-state index in [0.717, 1.165) is 4.47 Å². The Morgan fingerprint density at radius 1 is 1.62 bits per heavy atom. The van der Waals surface area contributed by atoms with E-state index in [1.807, 2.05) is 0 Å². The molecule has 2 heterocycles. The molecule has 0 fully saturated rings. The number of aromatic amines is 1. The third-order valence-corrected chi connectivity index (χ3v) is 2.20. The van der Waals surface area contributed by atoms with Crippen molar-refractivity contribution in [2.24, 2.45) is 0 Å². The highest BCUT2D eigenvalue weighted by Crippen LogP contribution is 2.19. The van der Waals surface area contributed by atoms with Crippen LogP contribution in [0.2, 0.25) is 0 Å². The van der Waals surface area contributed by atoms with Gasteiger partial charge in [-0.25, -0.2) is 14.8 Å². The SMILES string of the molecule is O=C(O)c1nc2nccc(Br)c2[nH]1. The third-order valence-electron chi connectivity index (χ3n) is 1.54. The first kappa shape index (κ1) is 8.18. The first-order valence-corrected chi connectivity index (χ1v) is 4.21. The second-order valence-electron chi connectivity index (χ2n) is 2.38. The molecule has 0 atom stereocenters. The van der Waals surface area contributed by atoms with E-state index >= 15 is 0 Å². The van der Waals surface area contributed by atoms with E-state index in [1.54, 1.807) is 12.3 Å². The van der Waals surface area contributed by atoms with E-state index < -0.39 is 5.97 Å². The number of aromatic carboxylic acids is 1. The van der Waals surface area contributed by atoms with Crippen LogP contribution in [0.25, 0.3) is 11.2 Å². The molecule has 0 aliphatic carbocycles. The number of H-pyrrole nitrogens is 1. The van der Waals surface area contributed by atoms with Gasteiger partial charge in [0.2, 0.25) is 5.82 Å². The Kier molecular flexibility index (Phi) is 1.77. The minimum Gasteiger partial charge on any atom is -0.475 e. The third kappa shape index (κ3) is 1.29. The van der Waals surface area contributed by atoms with E-state index in [4.69, 9.17) is 5.11 Å². The molecule has 13 heavy (non-hydrogen) atoms. The highest BCUT2D eigenvalue weighted by atomic mass is 79.9. The van der Waals surface area contributed by atoms with Crippen LogP contribution in [0.3, 0.4) is 0 Å². The zero-order chi connectivity index (χ0) is 9.42. The molecule has 0 unspecified atom stereocenters. The van der Waals surface area contributed by atoms with E-state index in [0.29, 0.717) is 11.2 Å². The monoisotopic (exact) mass is 241 g/mol. The number of carboxylic acid groups (broad SMARTS) is 1. The molecule has 6 heteroatoms. The van der Waals surface area contributed by atoms with E-state index in [1.165, 1.54) is 0 Å². The lowest BCUT2D eigenvalue weighted by Crippen LogP contribution is -1.97. The summed E-state index contributed by atoms with van der Waals surface area (Å²) < 4.78 is 0.748. The Labute approximate surface area is 80.9 Å². The fourth-order valence-corrected chi connectivity index (χ4v) is 1.38. The van der Waals surface area contributed by atoms with Crippen LogP contribution in [0.4, 0.5) is 0 Å². The Bertz CT molecular complexity index is 480. The van der Waals surface area contributed by atoms with Gasteiger partial charge in [0.1, 0.15) is 0 Å². The number of aromatic nitrogens is 3. The molecule has 66 valence electrons. The molecule has 0 saturated heterocycles. The Morgan fingerprint density at radius 2 is 2.38 bits per heavy atom. The van der Waals surface area contributed by atoms with Crippen LogP contribution in [0.1, 0.15) is 10.6 Å². The van der Waals surface area contributed by atoms with Gasteiger partial charge in [-0.15, -0.1) is 0 Å². The molecule has 5 nitrogen and oxygen atoms in total. The predicted molar refractivity (Wildman–Crippen MR) is 48.5 cm³/mol. The first-order valence-electron chi connectivity index (χ1n) is 3.42. The van der Waals surface area contributed by atoms with Crippen molar-refractivity contribution in [2.75, 3.05) is 0 Å². The van der Waals surface area contributed by atoms with Gasteiger partial charge in [-0.2, -0.15) is 0 Å². The van der Waals surface area contributed by atoms with Gasteiger partial charge < -0.3 is 10.1 Å². The number of carboxylic acids is 1. The Morgan fingerprint density at radius 3 is 3.00 bits per heavy atom. The highest BCUT2D eigenvalue weighted by Gasteiger charge is 2.11. The van der Waals surface area contributed by atoms with Gasteiger partial charge >= 0.3 is 5.97 Å². The summed E-state index contributed by atoms with van der Waals surface area (Å²) in [5.74, 6) is -1.20.